The highest BCUT2D eigenvalue weighted by Crippen LogP contribution is 2.32. The number of likely N-dealkylation sites (N-methyl/N-ethyl adjacent to an activating group) is 1. The molecule has 6 rings (SSSR count). The zero-order valence-corrected chi connectivity index (χ0v) is 25.0. The van der Waals surface area contributed by atoms with Crippen LogP contribution in [0, 0.1) is 6.92 Å². The SMILES string of the molecule is Cc1ccc(NC(=O)c2ccc(CN3CCN(C)CC3)c(Br)c2)cc1Oc1ccc(-c2[nH]nc3ncnc(N)c23)cc1. The fraction of sp³-hybridized carbons (Fsp3) is 0.226. The summed E-state index contributed by atoms with van der Waals surface area (Å²) in [5, 5.41) is 10.9. The van der Waals surface area contributed by atoms with E-state index in [4.69, 9.17) is 10.5 Å². The average molecular weight is 628 g/mol. The Morgan fingerprint density at radius 3 is 2.60 bits per heavy atom. The quantitative estimate of drug-likeness (QED) is 0.217. The molecule has 1 saturated heterocycles. The van der Waals surface area contributed by atoms with Crippen molar-refractivity contribution in [1.82, 2.24) is 30.0 Å². The maximum Gasteiger partial charge on any atom is 0.255 e. The molecule has 1 aliphatic heterocycles. The molecule has 3 heterocycles. The Balaban J connectivity index is 1.13. The first-order chi connectivity index (χ1) is 20.3. The second-order valence-electron chi connectivity index (χ2n) is 10.5. The molecule has 0 saturated carbocycles. The maximum atomic E-state index is 13.1. The van der Waals surface area contributed by atoms with Gasteiger partial charge in [0.05, 0.1) is 11.1 Å². The number of aryl methyl sites for hydroxylation is 1. The Bertz CT molecular complexity index is 1750. The molecule has 0 radical (unpaired) electrons. The van der Waals surface area contributed by atoms with Crippen LogP contribution in [0.3, 0.4) is 0 Å². The number of benzene rings is 3. The number of nitrogens with two attached hydrogens (primary N) is 1. The highest BCUT2D eigenvalue weighted by molar-refractivity contribution is 9.10. The van der Waals surface area contributed by atoms with Crippen molar-refractivity contribution in [3.8, 4) is 22.8 Å². The van der Waals surface area contributed by atoms with Crippen molar-refractivity contribution in [1.29, 1.82) is 0 Å². The molecule has 10 nitrogen and oxygen atoms in total. The number of H-pyrrole nitrogens is 1. The van der Waals surface area contributed by atoms with Gasteiger partial charge >= 0.3 is 0 Å². The first kappa shape index (κ1) is 27.8. The topological polar surface area (TPSA) is 125 Å². The number of aromatic amines is 1. The summed E-state index contributed by atoms with van der Waals surface area (Å²) in [6.07, 6.45) is 1.39. The predicted molar refractivity (Wildman–Crippen MR) is 168 cm³/mol. The Hall–Kier alpha value is -4.32. The van der Waals surface area contributed by atoms with Gasteiger partial charge in [0.1, 0.15) is 23.6 Å². The molecule has 1 aliphatic rings. The number of aromatic nitrogens is 4. The first-order valence-electron chi connectivity index (χ1n) is 13.7. The van der Waals surface area contributed by atoms with Gasteiger partial charge in [-0.05, 0) is 67.6 Å². The maximum absolute atomic E-state index is 13.1. The number of halogens is 1. The van der Waals surface area contributed by atoms with E-state index in [1.165, 1.54) is 11.9 Å². The van der Waals surface area contributed by atoms with Gasteiger partial charge < -0.3 is 20.7 Å². The van der Waals surface area contributed by atoms with Crippen LogP contribution in [0.4, 0.5) is 11.5 Å². The molecule has 0 aliphatic carbocycles. The number of piperazine rings is 1. The highest BCUT2D eigenvalue weighted by atomic mass is 79.9. The third kappa shape index (κ3) is 5.98. The van der Waals surface area contributed by atoms with Gasteiger partial charge in [0.2, 0.25) is 0 Å². The Kier molecular flexibility index (Phi) is 7.88. The summed E-state index contributed by atoms with van der Waals surface area (Å²) < 4.78 is 7.13. The minimum absolute atomic E-state index is 0.184. The van der Waals surface area contributed by atoms with Crippen LogP contribution in [0.1, 0.15) is 21.5 Å². The average Bonchev–Trinajstić information content (AvgIpc) is 3.43. The van der Waals surface area contributed by atoms with Crippen LogP contribution >= 0.6 is 15.9 Å². The zero-order valence-electron chi connectivity index (χ0n) is 23.4. The molecule has 42 heavy (non-hydrogen) atoms. The minimum Gasteiger partial charge on any atom is -0.457 e. The van der Waals surface area contributed by atoms with Gasteiger partial charge in [0, 0.05) is 60.1 Å². The summed E-state index contributed by atoms with van der Waals surface area (Å²) in [5.41, 5.74) is 11.5. The molecule has 0 spiro atoms. The van der Waals surface area contributed by atoms with E-state index in [9.17, 15) is 4.79 Å². The van der Waals surface area contributed by atoms with Crippen molar-refractivity contribution in [3.05, 3.63) is 88.2 Å². The van der Waals surface area contributed by atoms with Gasteiger partial charge in [-0.3, -0.25) is 14.8 Å². The first-order valence-corrected chi connectivity index (χ1v) is 14.5. The van der Waals surface area contributed by atoms with Crippen LogP contribution in [0.15, 0.2) is 71.5 Å². The third-order valence-electron chi connectivity index (χ3n) is 7.50. The van der Waals surface area contributed by atoms with Gasteiger partial charge in [-0.1, -0.05) is 28.1 Å². The summed E-state index contributed by atoms with van der Waals surface area (Å²) in [6.45, 7) is 7.04. The lowest BCUT2D eigenvalue weighted by Gasteiger charge is -2.32. The molecule has 3 aromatic carbocycles. The van der Waals surface area contributed by atoms with Crippen molar-refractivity contribution < 1.29 is 9.53 Å². The predicted octanol–water partition coefficient (Wildman–Crippen LogP) is 5.47. The zero-order chi connectivity index (χ0) is 29.2. The van der Waals surface area contributed by atoms with E-state index < -0.39 is 0 Å². The van der Waals surface area contributed by atoms with Crippen LogP contribution < -0.4 is 15.8 Å². The summed E-state index contributed by atoms with van der Waals surface area (Å²) in [5.74, 6) is 1.48. The number of nitrogen functional groups attached to an aromatic ring is 1. The Labute approximate surface area is 252 Å². The number of nitrogens with one attached hydrogen (secondary N) is 2. The largest absolute Gasteiger partial charge is 0.457 e. The number of amides is 1. The van der Waals surface area contributed by atoms with Gasteiger partial charge in [-0.25, -0.2) is 9.97 Å². The van der Waals surface area contributed by atoms with E-state index in [1.54, 1.807) is 0 Å². The van der Waals surface area contributed by atoms with Crippen molar-refractivity contribution in [2.24, 2.45) is 0 Å². The smallest absolute Gasteiger partial charge is 0.255 e. The minimum atomic E-state index is -0.184. The lowest BCUT2D eigenvalue weighted by atomic mass is 10.1. The lowest BCUT2D eigenvalue weighted by Crippen LogP contribution is -2.43. The number of nitrogens with zero attached hydrogens (tertiary/aromatic N) is 5. The highest BCUT2D eigenvalue weighted by Gasteiger charge is 2.17. The molecule has 11 heteroatoms. The molecule has 4 N–H and O–H groups in total. The van der Waals surface area contributed by atoms with E-state index in [1.807, 2.05) is 67.6 Å². The normalized spacial score (nSPS) is 14.3. The third-order valence-corrected chi connectivity index (χ3v) is 8.24. The van der Waals surface area contributed by atoms with Crippen LogP contribution in [-0.4, -0.2) is 69.1 Å². The molecule has 1 amide bonds. The molecule has 1 fully saturated rings. The molecule has 214 valence electrons. The number of carbonyl (C=O) groups excluding carboxylic acids is 1. The molecule has 5 aromatic rings. The van der Waals surface area contributed by atoms with Crippen molar-refractivity contribution >= 4 is 44.4 Å². The fourth-order valence-electron chi connectivity index (χ4n) is 4.96. The summed E-state index contributed by atoms with van der Waals surface area (Å²) in [7, 11) is 2.15. The van der Waals surface area contributed by atoms with Crippen LogP contribution in [0.25, 0.3) is 22.3 Å². The number of carbonyl (C=O) groups is 1. The number of hydrogen-bond acceptors (Lipinski definition) is 8. The van der Waals surface area contributed by atoms with Crippen LogP contribution in [-0.2, 0) is 6.54 Å². The lowest BCUT2D eigenvalue weighted by molar-refractivity contribution is 0.102. The molecular formula is C31H31BrN8O2. The fourth-order valence-corrected chi connectivity index (χ4v) is 5.46. The van der Waals surface area contributed by atoms with E-state index in [-0.39, 0.29) is 5.91 Å². The Morgan fingerprint density at radius 1 is 1.05 bits per heavy atom. The van der Waals surface area contributed by atoms with Crippen LogP contribution in [0.5, 0.6) is 11.5 Å². The van der Waals surface area contributed by atoms with E-state index in [2.05, 4.69) is 58.3 Å². The summed E-state index contributed by atoms with van der Waals surface area (Å²) in [6, 6.07) is 19.0. The second-order valence-corrected chi connectivity index (χ2v) is 11.4. The molecular weight excluding hydrogens is 596 g/mol. The van der Waals surface area contributed by atoms with E-state index >= 15 is 0 Å². The van der Waals surface area contributed by atoms with Crippen molar-refractivity contribution in [2.45, 2.75) is 13.5 Å². The van der Waals surface area contributed by atoms with Gasteiger partial charge in [0.25, 0.3) is 5.91 Å². The van der Waals surface area contributed by atoms with Crippen molar-refractivity contribution in [3.63, 3.8) is 0 Å². The number of hydrogen-bond donors (Lipinski definition) is 3. The van der Waals surface area contributed by atoms with Crippen molar-refractivity contribution in [2.75, 3.05) is 44.3 Å². The van der Waals surface area contributed by atoms with Crippen LogP contribution in [0.2, 0.25) is 0 Å². The van der Waals surface area contributed by atoms with Gasteiger partial charge in [-0.2, -0.15) is 5.10 Å². The number of anilines is 2. The Morgan fingerprint density at radius 2 is 1.83 bits per heavy atom. The number of rotatable bonds is 7. The summed E-state index contributed by atoms with van der Waals surface area (Å²) in [4.78, 5) is 26.1. The number of fused-ring (bicyclic) bond motifs is 1. The summed E-state index contributed by atoms with van der Waals surface area (Å²) >= 11 is 3.68. The van der Waals surface area contributed by atoms with Gasteiger partial charge in [0.15, 0.2) is 5.65 Å². The van der Waals surface area contributed by atoms with E-state index in [0.29, 0.717) is 39.6 Å². The van der Waals surface area contributed by atoms with Gasteiger partial charge in [-0.15, -0.1) is 0 Å². The molecule has 0 unspecified atom stereocenters. The monoisotopic (exact) mass is 626 g/mol. The molecule has 0 atom stereocenters. The van der Waals surface area contributed by atoms with E-state index in [0.717, 1.165) is 54.0 Å². The second kappa shape index (κ2) is 11.9. The molecule has 2 aromatic heterocycles. The molecule has 0 bridgehead atoms. The number of ether oxygens (including phenoxy) is 1. The standard InChI is InChI=1S/C31H31BrN8O2/c1-19-3-8-23(36-31(41)21-4-5-22(25(32)15-21)17-40-13-11-39(2)12-14-40)16-26(19)42-24-9-6-20(7-10-24)28-27-29(33)34-18-35-30(27)38-37-28/h3-10,15-16,18H,11-14,17H2,1-2H3,(H,36,41)(H3,33,34,35,37,38).